The minimum atomic E-state index is -0.284. The van der Waals surface area contributed by atoms with Crippen LogP contribution in [0.3, 0.4) is 0 Å². The van der Waals surface area contributed by atoms with Gasteiger partial charge in [0.2, 0.25) is 0 Å². The van der Waals surface area contributed by atoms with Gasteiger partial charge in [0.05, 0.1) is 20.5 Å². The van der Waals surface area contributed by atoms with Crippen molar-refractivity contribution >= 4 is 39.8 Å². The molecule has 2 heterocycles. The van der Waals surface area contributed by atoms with Crippen molar-refractivity contribution in [2.24, 2.45) is 11.7 Å². The van der Waals surface area contributed by atoms with Crippen molar-refractivity contribution in [2.75, 3.05) is 18.4 Å². The Hall–Kier alpha value is -1.89. The molecule has 2 unspecified atom stereocenters. The van der Waals surface area contributed by atoms with Crippen molar-refractivity contribution in [2.45, 2.75) is 26.3 Å². The number of nitrogens with zero attached hydrogens (tertiary/aromatic N) is 1. The maximum atomic E-state index is 12.9. The second-order valence-corrected chi connectivity index (χ2v) is 8.16. The Morgan fingerprint density at radius 3 is 2.77 bits per heavy atom. The van der Waals surface area contributed by atoms with Crippen LogP contribution in [0.15, 0.2) is 30.3 Å². The summed E-state index contributed by atoms with van der Waals surface area (Å²) in [5.74, 6) is 0.0800. The van der Waals surface area contributed by atoms with Gasteiger partial charge in [-0.05, 0) is 56.5 Å². The highest BCUT2D eigenvalue weighted by molar-refractivity contribution is 7.18. The Kier molecular flexibility index (Phi) is 5.65. The first kappa shape index (κ1) is 18.9. The van der Waals surface area contributed by atoms with Gasteiger partial charge in [-0.2, -0.15) is 0 Å². The van der Waals surface area contributed by atoms with Gasteiger partial charge in [-0.3, -0.25) is 9.59 Å². The average molecular weight is 392 g/mol. The topological polar surface area (TPSA) is 75.4 Å². The van der Waals surface area contributed by atoms with Crippen LogP contribution in [-0.2, 0) is 0 Å². The number of nitrogens with one attached hydrogen (secondary N) is 1. The number of rotatable bonds is 4. The van der Waals surface area contributed by atoms with Gasteiger partial charge < -0.3 is 16.0 Å². The van der Waals surface area contributed by atoms with E-state index in [1.54, 1.807) is 24.3 Å². The molecule has 138 valence electrons. The molecule has 1 fully saturated rings. The molecule has 0 aliphatic carbocycles. The third-order valence-corrected chi connectivity index (χ3v) is 6.19. The van der Waals surface area contributed by atoms with Crippen molar-refractivity contribution in [1.29, 1.82) is 0 Å². The van der Waals surface area contributed by atoms with E-state index in [1.807, 2.05) is 17.9 Å². The standard InChI is InChI=1S/C19H22ClN3O2S/c1-11-7-16(22-18(24)14-5-3-4-6-15(14)20)26-17(11)19(25)23-10-13(9-21)8-12(23)2/h3-7,12-13H,8-10,21H2,1-2H3,(H,22,24). The van der Waals surface area contributed by atoms with Crippen molar-refractivity contribution in [1.82, 2.24) is 4.90 Å². The normalized spacial score (nSPS) is 19.6. The summed E-state index contributed by atoms with van der Waals surface area (Å²) < 4.78 is 0. The SMILES string of the molecule is Cc1cc(NC(=O)c2ccccc2Cl)sc1C(=O)N1CC(CN)CC1C. The van der Waals surface area contributed by atoms with Gasteiger partial charge in [0.15, 0.2) is 0 Å². The van der Waals surface area contributed by atoms with Crippen LogP contribution < -0.4 is 11.1 Å². The van der Waals surface area contributed by atoms with Crippen LogP contribution in [0, 0.1) is 12.8 Å². The van der Waals surface area contributed by atoms with Crippen LogP contribution in [-0.4, -0.2) is 35.8 Å². The smallest absolute Gasteiger partial charge is 0.264 e. The molecule has 2 atom stereocenters. The first-order chi connectivity index (χ1) is 12.4. The number of aryl methyl sites for hydroxylation is 1. The number of carbonyl (C=O) groups excluding carboxylic acids is 2. The molecule has 3 N–H and O–H groups in total. The fourth-order valence-corrected chi connectivity index (χ4v) is 4.55. The van der Waals surface area contributed by atoms with Crippen molar-refractivity contribution in [3.05, 3.63) is 51.4 Å². The maximum absolute atomic E-state index is 12.9. The number of likely N-dealkylation sites (tertiary alicyclic amines) is 1. The Balaban J connectivity index is 1.76. The van der Waals surface area contributed by atoms with E-state index in [-0.39, 0.29) is 17.9 Å². The highest BCUT2D eigenvalue weighted by Crippen LogP contribution is 2.32. The number of halogens is 1. The van der Waals surface area contributed by atoms with E-state index >= 15 is 0 Å². The lowest BCUT2D eigenvalue weighted by Crippen LogP contribution is -2.34. The molecular formula is C19H22ClN3O2S. The van der Waals surface area contributed by atoms with Gasteiger partial charge >= 0.3 is 0 Å². The van der Waals surface area contributed by atoms with E-state index in [2.05, 4.69) is 12.2 Å². The van der Waals surface area contributed by atoms with Crippen LogP contribution in [0.5, 0.6) is 0 Å². The van der Waals surface area contributed by atoms with Gasteiger partial charge in [-0.1, -0.05) is 23.7 Å². The van der Waals surface area contributed by atoms with E-state index in [4.69, 9.17) is 17.3 Å². The number of hydrogen-bond donors (Lipinski definition) is 2. The predicted molar refractivity (Wildman–Crippen MR) is 106 cm³/mol. The largest absolute Gasteiger partial charge is 0.335 e. The minimum Gasteiger partial charge on any atom is -0.335 e. The van der Waals surface area contributed by atoms with Crippen molar-refractivity contribution in [3.8, 4) is 0 Å². The molecule has 7 heteroatoms. The summed E-state index contributed by atoms with van der Waals surface area (Å²) in [5, 5.41) is 3.87. The lowest BCUT2D eigenvalue weighted by molar-refractivity contribution is 0.0747. The van der Waals surface area contributed by atoms with E-state index in [0.29, 0.717) is 39.5 Å². The van der Waals surface area contributed by atoms with Gasteiger partial charge in [0.25, 0.3) is 11.8 Å². The number of nitrogens with two attached hydrogens (primary N) is 1. The van der Waals surface area contributed by atoms with Crippen molar-refractivity contribution < 1.29 is 9.59 Å². The summed E-state index contributed by atoms with van der Waals surface area (Å²) in [6.07, 6.45) is 0.933. The van der Waals surface area contributed by atoms with E-state index in [0.717, 1.165) is 12.0 Å². The summed E-state index contributed by atoms with van der Waals surface area (Å²) in [6.45, 7) is 5.22. The van der Waals surface area contributed by atoms with Gasteiger partial charge in [0.1, 0.15) is 0 Å². The molecule has 2 amide bonds. The molecule has 1 aliphatic heterocycles. The summed E-state index contributed by atoms with van der Waals surface area (Å²) in [4.78, 5) is 27.9. The van der Waals surface area contributed by atoms with E-state index in [1.165, 1.54) is 11.3 Å². The molecule has 1 aromatic carbocycles. The summed E-state index contributed by atoms with van der Waals surface area (Å²) in [5.41, 5.74) is 7.03. The van der Waals surface area contributed by atoms with E-state index in [9.17, 15) is 9.59 Å². The van der Waals surface area contributed by atoms with Gasteiger partial charge in [-0.15, -0.1) is 11.3 Å². The number of anilines is 1. The quantitative estimate of drug-likeness (QED) is 0.832. The maximum Gasteiger partial charge on any atom is 0.264 e. The molecule has 0 saturated carbocycles. The van der Waals surface area contributed by atoms with Crippen LogP contribution in [0.2, 0.25) is 5.02 Å². The molecule has 2 aromatic rings. The molecule has 5 nitrogen and oxygen atoms in total. The second-order valence-electron chi connectivity index (χ2n) is 6.70. The van der Waals surface area contributed by atoms with Gasteiger partial charge in [-0.25, -0.2) is 0 Å². The number of amides is 2. The lowest BCUT2D eigenvalue weighted by atomic mass is 10.1. The molecule has 0 spiro atoms. The number of benzene rings is 1. The third kappa shape index (κ3) is 3.77. The first-order valence-corrected chi connectivity index (χ1v) is 9.77. The number of carbonyl (C=O) groups is 2. The summed E-state index contributed by atoms with van der Waals surface area (Å²) >= 11 is 7.37. The summed E-state index contributed by atoms with van der Waals surface area (Å²) in [6, 6.07) is 8.89. The lowest BCUT2D eigenvalue weighted by Gasteiger charge is -2.21. The zero-order chi connectivity index (χ0) is 18.8. The molecule has 3 rings (SSSR count). The number of thiophene rings is 1. The average Bonchev–Trinajstić information content (AvgIpc) is 3.17. The number of hydrogen-bond acceptors (Lipinski definition) is 4. The zero-order valence-corrected chi connectivity index (χ0v) is 16.4. The summed E-state index contributed by atoms with van der Waals surface area (Å²) in [7, 11) is 0. The Labute approximate surface area is 162 Å². The van der Waals surface area contributed by atoms with Crippen LogP contribution in [0.25, 0.3) is 0 Å². The van der Waals surface area contributed by atoms with Crippen LogP contribution in [0.4, 0.5) is 5.00 Å². The first-order valence-electron chi connectivity index (χ1n) is 8.58. The Morgan fingerprint density at radius 1 is 1.38 bits per heavy atom. The molecular weight excluding hydrogens is 370 g/mol. The van der Waals surface area contributed by atoms with E-state index < -0.39 is 0 Å². The zero-order valence-electron chi connectivity index (χ0n) is 14.8. The highest BCUT2D eigenvalue weighted by atomic mass is 35.5. The Bertz CT molecular complexity index is 836. The molecule has 26 heavy (non-hydrogen) atoms. The molecule has 1 aliphatic rings. The highest BCUT2D eigenvalue weighted by Gasteiger charge is 2.33. The van der Waals surface area contributed by atoms with Gasteiger partial charge in [0, 0.05) is 12.6 Å². The molecule has 0 radical (unpaired) electrons. The van der Waals surface area contributed by atoms with Crippen LogP contribution >= 0.6 is 22.9 Å². The fourth-order valence-electron chi connectivity index (χ4n) is 3.31. The predicted octanol–water partition coefficient (Wildman–Crippen LogP) is 3.77. The second kappa shape index (κ2) is 7.78. The monoisotopic (exact) mass is 391 g/mol. The van der Waals surface area contributed by atoms with Crippen molar-refractivity contribution in [3.63, 3.8) is 0 Å². The molecule has 0 bridgehead atoms. The Morgan fingerprint density at radius 2 is 2.12 bits per heavy atom. The minimum absolute atomic E-state index is 0.00851. The third-order valence-electron chi connectivity index (χ3n) is 4.72. The molecule has 1 saturated heterocycles. The molecule has 1 aromatic heterocycles. The van der Waals surface area contributed by atoms with Crippen LogP contribution in [0.1, 0.15) is 38.9 Å². The fraction of sp³-hybridized carbons (Fsp3) is 0.368.